The van der Waals surface area contributed by atoms with Gasteiger partial charge >= 0.3 is 0 Å². The van der Waals surface area contributed by atoms with Crippen LogP contribution in [0.25, 0.3) is 0 Å². The summed E-state index contributed by atoms with van der Waals surface area (Å²) in [6.45, 7) is 10.6. The van der Waals surface area contributed by atoms with Crippen molar-refractivity contribution >= 4 is 27.5 Å². The molecule has 8 heteroatoms. The van der Waals surface area contributed by atoms with E-state index >= 15 is 0 Å². The molecule has 0 unspecified atom stereocenters. The summed E-state index contributed by atoms with van der Waals surface area (Å²) in [6.07, 6.45) is 2.46. The lowest BCUT2D eigenvalue weighted by atomic mass is 10.1. The van der Waals surface area contributed by atoms with E-state index in [1.165, 1.54) is 10.6 Å². The number of rotatable bonds is 12. The van der Waals surface area contributed by atoms with Crippen LogP contribution in [0.3, 0.4) is 0 Å². The zero-order valence-electron chi connectivity index (χ0n) is 21.8. The van der Waals surface area contributed by atoms with Gasteiger partial charge in [0.1, 0.15) is 6.04 Å². The number of aryl methyl sites for hydroxylation is 2. The van der Waals surface area contributed by atoms with Crippen LogP contribution in [0.1, 0.15) is 55.4 Å². The van der Waals surface area contributed by atoms with E-state index in [0.717, 1.165) is 28.7 Å². The van der Waals surface area contributed by atoms with Crippen LogP contribution in [-0.2, 0) is 26.2 Å². The molecular formula is C27H39N3O4S. The summed E-state index contributed by atoms with van der Waals surface area (Å²) in [5.41, 5.74) is 4.58. The van der Waals surface area contributed by atoms with Crippen molar-refractivity contribution in [3.8, 4) is 0 Å². The van der Waals surface area contributed by atoms with Gasteiger partial charge in [0, 0.05) is 26.1 Å². The van der Waals surface area contributed by atoms with Gasteiger partial charge in [0.25, 0.3) is 0 Å². The molecule has 0 aliphatic heterocycles. The molecule has 2 aromatic carbocycles. The lowest BCUT2D eigenvalue weighted by molar-refractivity contribution is -0.140. The van der Waals surface area contributed by atoms with E-state index in [0.29, 0.717) is 25.2 Å². The topological polar surface area (TPSA) is 86.8 Å². The fraction of sp³-hybridized carbons (Fsp3) is 0.481. The molecule has 0 aliphatic rings. The molecule has 0 saturated heterocycles. The zero-order chi connectivity index (χ0) is 26.2. The van der Waals surface area contributed by atoms with Gasteiger partial charge in [0.15, 0.2) is 0 Å². The summed E-state index contributed by atoms with van der Waals surface area (Å²) in [6, 6.07) is 12.8. The molecule has 7 nitrogen and oxygen atoms in total. The Balaban J connectivity index is 2.18. The van der Waals surface area contributed by atoms with Crippen LogP contribution in [-0.4, -0.2) is 50.5 Å². The van der Waals surface area contributed by atoms with Crippen molar-refractivity contribution in [3.63, 3.8) is 0 Å². The minimum absolute atomic E-state index is 0.133. The second-order valence-electron chi connectivity index (χ2n) is 9.13. The van der Waals surface area contributed by atoms with E-state index in [-0.39, 0.29) is 24.8 Å². The molecule has 0 aromatic heterocycles. The molecule has 1 N–H and O–H groups in total. The number of sulfonamides is 1. The number of anilines is 1. The van der Waals surface area contributed by atoms with Crippen molar-refractivity contribution in [2.24, 2.45) is 0 Å². The highest BCUT2D eigenvalue weighted by Gasteiger charge is 2.26. The Morgan fingerprint density at radius 2 is 1.69 bits per heavy atom. The SMILES string of the molecule is CCCNC(=O)[C@@H](C)N(Cc1ccc(C)cc1)C(=O)CCCN(c1cccc(C)c1C)S(C)(=O)=O. The van der Waals surface area contributed by atoms with E-state index in [1.54, 1.807) is 17.9 Å². The first-order chi connectivity index (χ1) is 16.5. The summed E-state index contributed by atoms with van der Waals surface area (Å²) in [5, 5.41) is 2.87. The van der Waals surface area contributed by atoms with Crippen molar-refractivity contribution in [1.29, 1.82) is 0 Å². The van der Waals surface area contributed by atoms with Gasteiger partial charge in [-0.1, -0.05) is 48.9 Å². The maximum absolute atomic E-state index is 13.3. The molecule has 0 heterocycles. The monoisotopic (exact) mass is 501 g/mol. The largest absolute Gasteiger partial charge is 0.354 e. The third kappa shape index (κ3) is 8.09. The summed E-state index contributed by atoms with van der Waals surface area (Å²) in [5.74, 6) is -0.375. The second-order valence-corrected chi connectivity index (χ2v) is 11.0. The quantitative estimate of drug-likeness (QED) is 0.474. The number of nitrogens with zero attached hydrogens (tertiary/aromatic N) is 2. The lowest BCUT2D eigenvalue weighted by Gasteiger charge is -2.29. The van der Waals surface area contributed by atoms with Gasteiger partial charge in [-0.3, -0.25) is 13.9 Å². The number of carbonyl (C=O) groups excluding carboxylic acids is 2. The van der Waals surface area contributed by atoms with Gasteiger partial charge in [-0.2, -0.15) is 0 Å². The molecule has 1 atom stereocenters. The van der Waals surface area contributed by atoms with Crippen LogP contribution in [0.5, 0.6) is 0 Å². The molecule has 35 heavy (non-hydrogen) atoms. The molecular weight excluding hydrogens is 462 g/mol. The van der Waals surface area contributed by atoms with Crippen LogP contribution in [0.4, 0.5) is 5.69 Å². The third-order valence-corrected chi connectivity index (χ3v) is 7.37. The van der Waals surface area contributed by atoms with Crippen molar-refractivity contribution in [1.82, 2.24) is 10.2 Å². The van der Waals surface area contributed by atoms with E-state index in [2.05, 4.69) is 5.32 Å². The Morgan fingerprint density at radius 3 is 2.29 bits per heavy atom. The van der Waals surface area contributed by atoms with E-state index in [4.69, 9.17) is 0 Å². The van der Waals surface area contributed by atoms with Gasteiger partial charge in [0.05, 0.1) is 11.9 Å². The Hall–Kier alpha value is -2.87. The van der Waals surface area contributed by atoms with Crippen LogP contribution in [0.2, 0.25) is 0 Å². The van der Waals surface area contributed by atoms with Crippen molar-refractivity contribution in [3.05, 3.63) is 64.7 Å². The fourth-order valence-corrected chi connectivity index (χ4v) is 4.87. The average Bonchev–Trinajstić information content (AvgIpc) is 2.80. The van der Waals surface area contributed by atoms with Gasteiger partial charge in [-0.15, -0.1) is 0 Å². The first-order valence-electron chi connectivity index (χ1n) is 12.1. The Kier molecular flexibility index (Phi) is 10.3. The smallest absolute Gasteiger partial charge is 0.242 e. The first kappa shape index (κ1) is 28.4. The third-order valence-electron chi connectivity index (χ3n) is 6.19. The minimum Gasteiger partial charge on any atom is -0.354 e. The molecule has 2 amide bonds. The van der Waals surface area contributed by atoms with Crippen LogP contribution < -0.4 is 9.62 Å². The maximum atomic E-state index is 13.3. The van der Waals surface area contributed by atoms with E-state index < -0.39 is 16.1 Å². The predicted molar refractivity (Wildman–Crippen MR) is 142 cm³/mol. The van der Waals surface area contributed by atoms with Gasteiger partial charge in [-0.05, 0) is 63.3 Å². The summed E-state index contributed by atoms with van der Waals surface area (Å²) in [7, 11) is -3.52. The summed E-state index contributed by atoms with van der Waals surface area (Å²) in [4.78, 5) is 27.6. The zero-order valence-corrected chi connectivity index (χ0v) is 22.6. The highest BCUT2D eigenvalue weighted by atomic mass is 32.2. The Morgan fingerprint density at radius 1 is 1.03 bits per heavy atom. The normalized spacial score (nSPS) is 12.2. The second kappa shape index (κ2) is 12.7. The predicted octanol–water partition coefficient (Wildman–Crippen LogP) is 4.10. The first-order valence-corrected chi connectivity index (χ1v) is 14.0. The van der Waals surface area contributed by atoms with E-state index in [1.807, 2.05) is 64.1 Å². The molecule has 2 rings (SSSR count). The van der Waals surface area contributed by atoms with Gasteiger partial charge < -0.3 is 10.2 Å². The minimum atomic E-state index is -3.52. The highest BCUT2D eigenvalue weighted by molar-refractivity contribution is 7.92. The molecule has 192 valence electrons. The Labute approximate surface area is 210 Å². The molecule has 0 aliphatic carbocycles. The lowest BCUT2D eigenvalue weighted by Crippen LogP contribution is -2.47. The van der Waals surface area contributed by atoms with E-state index in [9.17, 15) is 18.0 Å². The number of benzene rings is 2. The van der Waals surface area contributed by atoms with Crippen molar-refractivity contribution < 1.29 is 18.0 Å². The molecule has 0 fully saturated rings. The number of hydrogen-bond acceptors (Lipinski definition) is 4. The average molecular weight is 502 g/mol. The molecule has 0 radical (unpaired) electrons. The van der Waals surface area contributed by atoms with Crippen molar-refractivity contribution in [2.45, 2.75) is 66.5 Å². The van der Waals surface area contributed by atoms with Crippen molar-refractivity contribution in [2.75, 3.05) is 23.7 Å². The van der Waals surface area contributed by atoms with Crippen LogP contribution >= 0.6 is 0 Å². The van der Waals surface area contributed by atoms with Crippen LogP contribution in [0, 0.1) is 20.8 Å². The molecule has 0 spiro atoms. The van der Waals surface area contributed by atoms with Gasteiger partial charge in [-0.25, -0.2) is 8.42 Å². The number of carbonyl (C=O) groups is 2. The van der Waals surface area contributed by atoms with Gasteiger partial charge in [0.2, 0.25) is 21.8 Å². The Bertz CT molecular complexity index is 1110. The number of amides is 2. The summed E-state index contributed by atoms with van der Waals surface area (Å²) < 4.78 is 26.5. The highest BCUT2D eigenvalue weighted by Crippen LogP contribution is 2.25. The molecule has 0 bridgehead atoms. The number of hydrogen-bond donors (Lipinski definition) is 1. The molecule has 2 aromatic rings. The number of nitrogens with one attached hydrogen (secondary N) is 1. The summed E-state index contributed by atoms with van der Waals surface area (Å²) >= 11 is 0. The maximum Gasteiger partial charge on any atom is 0.242 e. The molecule has 0 saturated carbocycles. The standard InChI is InChI=1S/C27H39N3O4S/c1-7-17-28-27(32)23(5)29(19-24-15-13-20(2)14-16-24)26(31)12-9-18-30(35(6,33)34)25-11-8-10-21(3)22(25)4/h8,10-11,13-16,23H,7,9,12,17-19H2,1-6H3,(H,28,32)/t23-/m1/s1. The van der Waals surface area contributed by atoms with Crippen LogP contribution in [0.15, 0.2) is 42.5 Å². The fourth-order valence-electron chi connectivity index (χ4n) is 3.86.